The fraction of sp³-hybridized carbons (Fsp3) is 0.200. The van der Waals surface area contributed by atoms with Crippen molar-refractivity contribution in [1.29, 1.82) is 0 Å². The summed E-state index contributed by atoms with van der Waals surface area (Å²) in [6, 6.07) is 12.0. The van der Waals surface area contributed by atoms with Gasteiger partial charge in [-0.1, -0.05) is 35.0 Å². The third kappa shape index (κ3) is 3.97. The third-order valence-electron chi connectivity index (χ3n) is 5.26. The number of ether oxygens (including phenoxy) is 1. The van der Waals surface area contributed by atoms with Gasteiger partial charge in [0.1, 0.15) is 17.1 Å². The normalized spacial score (nSPS) is 11.7. The Labute approximate surface area is 180 Å². The standard InChI is InChI=1S/C25H24N2O4/c1-14-6-8-18(9-7-14)21-13-30-25-17(4)24(29-5)19(12-20(21)25)15(2)10-23(28)26-22-11-16(3)31-27-22/h6-13H,1-5H3,(H,26,27,28)/b15-10+. The van der Waals surface area contributed by atoms with E-state index in [0.29, 0.717) is 17.3 Å². The first-order valence-corrected chi connectivity index (χ1v) is 9.96. The molecule has 4 rings (SSSR count). The van der Waals surface area contributed by atoms with Crippen LogP contribution in [0.15, 0.2) is 57.7 Å². The summed E-state index contributed by atoms with van der Waals surface area (Å²) in [6.07, 6.45) is 3.29. The van der Waals surface area contributed by atoms with E-state index in [-0.39, 0.29) is 5.91 Å². The van der Waals surface area contributed by atoms with E-state index in [1.54, 1.807) is 26.4 Å². The number of fused-ring (bicyclic) bond motifs is 1. The van der Waals surface area contributed by atoms with Gasteiger partial charge in [-0.05, 0) is 44.9 Å². The minimum atomic E-state index is -0.295. The Kier molecular flexibility index (Phi) is 5.38. The lowest BCUT2D eigenvalue weighted by molar-refractivity contribution is -0.111. The van der Waals surface area contributed by atoms with E-state index in [1.807, 2.05) is 19.9 Å². The van der Waals surface area contributed by atoms with Gasteiger partial charge in [0.05, 0.1) is 13.4 Å². The van der Waals surface area contributed by atoms with Crippen molar-refractivity contribution in [3.05, 3.63) is 71.2 Å². The number of furan rings is 1. The van der Waals surface area contributed by atoms with Crippen LogP contribution >= 0.6 is 0 Å². The molecule has 6 heteroatoms. The summed E-state index contributed by atoms with van der Waals surface area (Å²) in [5.41, 5.74) is 6.50. The monoisotopic (exact) mass is 416 g/mol. The highest BCUT2D eigenvalue weighted by atomic mass is 16.5. The highest BCUT2D eigenvalue weighted by Gasteiger charge is 2.19. The number of rotatable bonds is 5. The number of anilines is 1. The van der Waals surface area contributed by atoms with Crippen LogP contribution < -0.4 is 10.1 Å². The molecule has 6 nitrogen and oxygen atoms in total. The summed E-state index contributed by atoms with van der Waals surface area (Å²) in [6.45, 7) is 7.66. The van der Waals surface area contributed by atoms with E-state index in [9.17, 15) is 4.79 Å². The third-order valence-corrected chi connectivity index (χ3v) is 5.26. The molecule has 2 heterocycles. The molecule has 0 aliphatic carbocycles. The summed E-state index contributed by atoms with van der Waals surface area (Å²) in [5, 5.41) is 7.48. The number of aromatic nitrogens is 1. The lowest BCUT2D eigenvalue weighted by Crippen LogP contribution is -2.09. The quantitative estimate of drug-likeness (QED) is 0.400. The molecule has 1 amide bonds. The van der Waals surface area contributed by atoms with Crippen LogP contribution in [0.4, 0.5) is 5.82 Å². The van der Waals surface area contributed by atoms with Gasteiger partial charge in [0, 0.05) is 34.2 Å². The molecule has 2 aromatic carbocycles. The molecule has 4 aromatic rings. The van der Waals surface area contributed by atoms with E-state index >= 15 is 0 Å². The molecule has 0 spiro atoms. The Morgan fingerprint density at radius 2 is 1.87 bits per heavy atom. The maximum Gasteiger partial charge on any atom is 0.249 e. The number of aryl methyl sites for hydroxylation is 3. The summed E-state index contributed by atoms with van der Waals surface area (Å²) in [4.78, 5) is 12.5. The molecular weight excluding hydrogens is 392 g/mol. The van der Waals surface area contributed by atoms with Crippen LogP contribution in [0.25, 0.3) is 27.7 Å². The second kappa shape index (κ2) is 8.14. The van der Waals surface area contributed by atoms with Crippen LogP contribution in [0.3, 0.4) is 0 Å². The topological polar surface area (TPSA) is 77.5 Å². The first kappa shape index (κ1) is 20.5. The summed E-state index contributed by atoms with van der Waals surface area (Å²) < 4.78 is 16.6. The number of allylic oxidation sites excluding steroid dienone is 1. The number of nitrogens with zero attached hydrogens (tertiary/aromatic N) is 1. The lowest BCUT2D eigenvalue weighted by Gasteiger charge is -2.13. The molecule has 0 saturated carbocycles. The van der Waals surface area contributed by atoms with Crippen LogP contribution in [-0.2, 0) is 4.79 Å². The zero-order chi connectivity index (χ0) is 22.1. The van der Waals surface area contributed by atoms with Crippen molar-refractivity contribution in [1.82, 2.24) is 5.16 Å². The van der Waals surface area contributed by atoms with Crippen molar-refractivity contribution in [2.45, 2.75) is 27.7 Å². The Morgan fingerprint density at radius 1 is 1.13 bits per heavy atom. The van der Waals surface area contributed by atoms with Gasteiger partial charge in [0.25, 0.3) is 0 Å². The van der Waals surface area contributed by atoms with Crippen LogP contribution in [0.1, 0.15) is 29.4 Å². The highest BCUT2D eigenvalue weighted by Crippen LogP contribution is 2.40. The maximum absolute atomic E-state index is 12.5. The molecule has 0 saturated heterocycles. The molecule has 0 aliphatic rings. The van der Waals surface area contributed by atoms with Crippen LogP contribution in [0.5, 0.6) is 5.75 Å². The SMILES string of the molecule is COc1c(/C(C)=C/C(=O)Nc2cc(C)on2)cc2c(-c3ccc(C)cc3)coc2c1C. The average molecular weight is 416 g/mol. The lowest BCUT2D eigenvalue weighted by atomic mass is 9.96. The second-order valence-electron chi connectivity index (χ2n) is 7.61. The minimum absolute atomic E-state index is 0.295. The van der Waals surface area contributed by atoms with E-state index in [0.717, 1.165) is 38.8 Å². The van der Waals surface area contributed by atoms with Crippen LogP contribution in [0, 0.1) is 20.8 Å². The Hall–Kier alpha value is -3.80. The van der Waals surface area contributed by atoms with Gasteiger partial charge < -0.3 is 19.0 Å². The molecule has 1 N–H and O–H groups in total. The Bertz CT molecular complexity index is 1290. The molecule has 0 fully saturated rings. The molecule has 31 heavy (non-hydrogen) atoms. The number of hydrogen-bond donors (Lipinski definition) is 1. The van der Waals surface area contributed by atoms with Crippen molar-refractivity contribution in [3.63, 3.8) is 0 Å². The Morgan fingerprint density at radius 3 is 2.52 bits per heavy atom. The number of methoxy groups -OCH3 is 1. The van der Waals surface area contributed by atoms with E-state index < -0.39 is 0 Å². The Balaban J connectivity index is 1.77. The highest BCUT2D eigenvalue weighted by molar-refractivity contribution is 6.05. The van der Waals surface area contributed by atoms with Gasteiger partial charge in [-0.2, -0.15) is 0 Å². The van der Waals surface area contributed by atoms with Gasteiger partial charge in [0.2, 0.25) is 5.91 Å². The number of benzene rings is 2. The number of nitrogens with one attached hydrogen (secondary N) is 1. The van der Waals surface area contributed by atoms with Crippen molar-refractivity contribution in [3.8, 4) is 16.9 Å². The zero-order valence-electron chi connectivity index (χ0n) is 18.2. The molecule has 158 valence electrons. The molecule has 0 aliphatic heterocycles. The average Bonchev–Trinajstić information content (AvgIpc) is 3.34. The predicted molar refractivity (Wildman–Crippen MR) is 121 cm³/mol. The smallest absolute Gasteiger partial charge is 0.249 e. The first-order valence-electron chi connectivity index (χ1n) is 9.96. The molecule has 0 bridgehead atoms. The largest absolute Gasteiger partial charge is 0.496 e. The van der Waals surface area contributed by atoms with E-state index in [4.69, 9.17) is 13.7 Å². The molecular formula is C25H24N2O4. The molecule has 0 unspecified atom stereocenters. The van der Waals surface area contributed by atoms with Gasteiger partial charge in [-0.3, -0.25) is 4.79 Å². The second-order valence-corrected chi connectivity index (χ2v) is 7.61. The summed E-state index contributed by atoms with van der Waals surface area (Å²) in [7, 11) is 1.62. The van der Waals surface area contributed by atoms with Gasteiger partial charge >= 0.3 is 0 Å². The van der Waals surface area contributed by atoms with Crippen LogP contribution in [0.2, 0.25) is 0 Å². The number of carbonyl (C=O) groups excluding carboxylic acids is 1. The van der Waals surface area contributed by atoms with Crippen molar-refractivity contribution in [2.75, 3.05) is 12.4 Å². The fourth-order valence-corrected chi connectivity index (χ4v) is 3.69. The fourth-order valence-electron chi connectivity index (χ4n) is 3.69. The summed E-state index contributed by atoms with van der Waals surface area (Å²) in [5.74, 6) is 1.39. The zero-order valence-corrected chi connectivity index (χ0v) is 18.2. The van der Waals surface area contributed by atoms with E-state index in [1.165, 1.54) is 11.6 Å². The number of hydrogen-bond acceptors (Lipinski definition) is 5. The van der Waals surface area contributed by atoms with Crippen molar-refractivity contribution < 1.29 is 18.5 Å². The van der Waals surface area contributed by atoms with Crippen molar-refractivity contribution in [2.24, 2.45) is 0 Å². The number of amides is 1. The molecule has 2 aromatic heterocycles. The van der Waals surface area contributed by atoms with Crippen molar-refractivity contribution >= 4 is 28.3 Å². The minimum Gasteiger partial charge on any atom is -0.496 e. The number of carbonyl (C=O) groups is 1. The van der Waals surface area contributed by atoms with Gasteiger partial charge in [0.15, 0.2) is 5.82 Å². The molecule has 0 radical (unpaired) electrons. The maximum atomic E-state index is 12.5. The summed E-state index contributed by atoms with van der Waals surface area (Å²) >= 11 is 0. The van der Waals surface area contributed by atoms with Gasteiger partial charge in [-0.25, -0.2) is 0 Å². The van der Waals surface area contributed by atoms with Crippen LogP contribution in [-0.4, -0.2) is 18.2 Å². The predicted octanol–water partition coefficient (Wildman–Crippen LogP) is 6.06. The van der Waals surface area contributed by atoms with Gasteiger partial charge in [-0.15, -0.1) is 0 Å². The first-order chi connectivity index (χ1) is 14.9. The van der Waals surface area contributed by atoms with E-state index in [2.05, 4.69) is 41.7 Å². The molecule has 0 atom stereocenters.